The quantitative estimate of drug-likeness (QED) is 0.622. The van der Waals surface area contributed by atoms with E-state index >= 15 is 0 Å². The molecule has 0 spiro atoms. The summed E-state index contributed by atoms with van der Waals surface area (Å²) in [6, 6.07) is 6.19. The lowest BCUT2D eigenvalue weighted by Crippen LogP contribution is -2.26. The van der Waals surface area contributed by atoms with E-state index in [1.165, 1.54) is 31.5 Å². The molecule has 0 aliphatic carbocycles. The molecular formula is C15H24FNO. The molecule has 0 aromatic heterocycles. The van der Waals surface area contributed by atoms with Crippen LogP contribution in [0.25, 0.3) is 0 Å². The molecule has 0 heterocycles. The molecule has 0 amide bonds. The van der Waals surface area contributed by atoms with E-state index in [2.05, 4.69) is 18.7 Å². The van der Waals surface area contributed by atoms with Crippen LogP contribution in [0.2, 0.25) is 0 Å². The van der Waals surface area contributed by atoms with Gasteiger partial charge in [0.2, 0.25) is 0 Å². The molecule has 3 heteroatoms. The standard InChI is InChI=1S/C15H24FNO/c1-3-5-11-17(4-2)12-6-13-18-15-9-7-14(16)8-10-15/h7-10H,3-6,11-13H2,1-2H3. The van der Waals surface area contributed by atoms with Gasteiger partial charge in [0.1, 0.15) is 11.6 Å². The molecule has 0 N–H and O–H groups in total. The molecule has 2 nitrogen and oxygen atoms in total. The third-order valence-corrected chi connectivity index (χ3v) is 2.98. The van der Waals surface area contributed by atoms with Crippen LogP contribution in [0.4, 0.5) is 4.39 Å². The molecule has 102 valence electrons. The summed E-state index contributed by atoms with van der Waals surface area (Å²) < 4.78 is 18.2. The highest BCUT2D eigenvalue weighted by Gasteiger charge is 2.01. The Morgan fingerprint density at radius 1 is 1.06 bits per heavy atom. The molecule has 1 aromatic carbocycles. The van der Waals surface area contributed by atoms with Crippen molar-refractivity contribution in [3.63, 3.8) is 0 Å². The first-order valence-corrected chi connectivity index (χ1v) is 6.87. The van der Waals surface area contributed by atoms with Crippen molar-refractivity contribution in [3.05, 3.63) is 30.1 Å². The molecule has 1 rings (SSSR count). The van der Waals surface area contributed by atoms with Crippen LogP contribution in [-0.2, 0) is 0 Å². The second kappa shape index (κ2) is 8.92. The Bertz CT molecular complexity index is 313. The first-order valence-electron chi connectivity index (χ1n) is 6.87. The molecule has 0 bridgehead atoms. The summed E-state index contributed by atoms with van der Waals surface area (Å²) in [5, 5.41) is 0. The number of halogens is 1. The van der Waals surface area contributed by atoms with E-state index in [9.17, 15) is 4.39 Å². The molecule has 0 atom stereocenters. The van der Waals surface area contributed by atoms with Gasteiger partial charge in [0, 0.05) is 6.54 Å². The van der Waals surface area contributed by atoms with E-state index in [-0.39, 0.29) is 5.82 Å². The Kier molecular flexibility index (Phi) is 7.42. The van der Waals surface area contributed by atoms with Gasteiger partial charge in [-0.3, -0.25) is 0 Å². The number of hydrogen-bond donors (Lipinski definition) is 0. The summed E-state index contributed by atoms with van der Waals surface area (Å²) >= 11 is 0. The van der Waals surface area contributed by atoms with Crippen molar-refractivity contribution >= 4 is 0 Å². The van der Waals surface area contributed by atoms with Crippen LogP contribution >= 0.6 is 0 Å². The van der Waals surface area contributed by atoms with E-state index in [1.54, 1.807) is 12.1 Å². The molecule has 1 aromatic rings. The maximum atomic E-state index is 12.7. The van der Waals surface area contributed by atoms with E-state index in [4.69, 9.17) is 4.74 Å². The van der Waals surface area contributed by atoms with E-state index in [0.29, 0.717) is 6.61 Å². The molecule has 0 aliphatic heterocycles. The topological polar surface area (TPSA) is 12.5 Å². The Hall–Kier alpha value is -1.09. The minimum absolute atomic E-state index is 0.223. The zero-order valence-electron chi connectivity index (χ0n) is 11.5. The molecule has 0 saturated heterocycles. The second-order valence-corrected chi connectivity index (χ2v) is 4.44. The average molecular weight is 253 g/mol. The van der Waals surface area contributed by atoms with Gasteiger partial charge in [0.05, 0.1) is 6.61 Å². The van der Waals surface area contributed by atoms with Crippen LogP contribution in [-0.4, -0.2) is 31.1 Å². The summed E-state index contributed by atoms with van der Waals surface area (Å²) in [5.41, 5.74) is 0. The molecule has 18 heavy (non-hydrogen) atoms. The van der Waals surface area contributed by atoms with Crippen molar-refractivity contribution in [2.75, 3.05) is 26.2 Å². The van der Waals surface area contributed by atoms with Gasteiger partial charge in [-0.15, -0.1) is 0 Å². The third kappa shape index (κ3) is 6.01. The molecule has 0 aliphatic rings. The predicted molar refractivity (Wildman–Crippen MR) is 73.5 cm³/mol. The summed E-state index contributed by atoms with van der Waals surface area (Å²) in [7, 11) is 0. The SMILES string of the molecule is CCCCN(CC)CCCOc1ccc(F)cc1. The third-order valence-electron chi connectivity index (χ3n) is 2.98. The second-order valence-electron chi connectivity index (χ2n) is 4.44. The van der Waals surface area contributed by atoms with E-state index < -0.39 is 0 Å². The summed E-state index contributed by atoms with van der Waals surface area (Å²) in [6.45, 7) is 8.42. The van der Waals surface area contributed by atoms with Gasteiger partial charge in [-0.2, -0.15) is 0 Å². The number of unbranched alkanes of at least 4 members (excludes halogenated alkanes) is 1. The molecule has 0 radical (unpaired) electrons. The lowest BCUT2D eigenvalue weighted by molar-refractivity contribution is 0.239. The number of ether oxygens (including phenoxy) is 1. The minimum Gasteiger partial charge on any atom is -0.494 e. The molecule has 0 saturated carbocycles. The molecule has 0 fully saturated rings. The lowest BCUT2D eigenvalue weighted by atomic mass is 10.3. The predicted octanol–water partition coefficient (Wildman–Crippen LogP) is 3.72. The van der Waals surface area contributed by atoms with E-state index in [1.807, 2.05) is 0 Å². The van der Waals surface area contributed by atoms with Gasteiger partial charge in [0.25, 0.3) is 0 Å². The highest BCUT2D eigenvalue weighted by Crippen LogP contribution is 2.11. The van der Waals surface area contributed by atoms with Crippen molar-refractivity contribution in [2.45, 2.75) is 33.1 Å². The van der Waals surface area contributed by atoms with Crippen LogP contribution in [0.3, 0.4) is 0 Å². The number of benzene rings is 1. The molecule has 0 unspecified atom stereocenters. The summed E-state index contributed by atoms with van der Waals surface area (Å²) in [6.07, 6.45) is 3.50. The fourth-order valence-corrected chi connectivity index (χ4v) is 1.82. The first kappa shape index (κ1) is 15.0. The zero-order valence-corrected chi connectivity index (χ0v) is 11.5. The Morgan fingerprint density at radius 3 is 2.33 bits per heavy atom. The monoisotopic (exact) mass is 253 g/mol. The zero-order chi connectivity index (χ0) is 13.2. The maximum absolute atomic E-state index is 12.7. The van der Waals surface area contributed by atoms with Crippen LogP contribution in [0.15, 0.2) is 24.3 Å². The molecular weight excluding hydrogens is 229 g/mol. The fraction of sp³-hybridized carbons (Fsp3) is 0.600. The number of rotatable bonds is 9. The number of hydrogen-bond acceptors (Lipinski definition) is 2. The van der Waals surface area contributed by atoms with Crippen molar-refractivity contribution in [1.29, 1.82) is 0 Å². The first-order chi connectivity index (χ1) is 8.76. The summed E-state index contributed by atoms with van der Waals surface area (Å²) in [4.78, 5) is 2.44. The smallest absolute Gasteiger partial charge is 0.123 e. The number of nitrogens with zero attached hydrogens (tertiary/aromatic N) is 1. The fourth-order valence-electron chi connectivity index (χ4n) is 1.82. The van der Waals surface area contributed by atoms with Crippen LogP contribution in [0.5, 0.6) is 5.75 Å². The van der Waals surface area contributed by atoms with Crippen LogP contribution in [0, 0.1) is 5.82 Å². The Labute approximate surface area is 110 Å². The van der Waals surface area contributed by atoms with E-state index in [0.717, 1.165) is 25.3 Å². The largest absolute Gasteiger partial charge is 0.494 e. The normalized spacial score (nSPS) is 10.9. The van der Waals surface area contributed by atoms with Crippen LogP contribution < -0.4 is 4.74 Å². The summed E-state index contributed by atoms with van der Waals surface area (Å²) in [5.74, 6) is 0.520. The minimum atomic E-state index is -0.223. The Morgan fingerprint density at radius 2 is 1.72 bits per heavy atom. The van der Waals surface area contributed by atoms with Gasteiger partial charge in [-0.25, -0.2) is 4.39 Å². The maximum Gasteiger partial charge on any atom is 0.123 e. The van der Waals surface area contributed by atoms with Crippen LogP contribution in [0.1, 0.15) is 33.1 Å². The van der Waals surface area contributed by atoms with Crippen molar-refractivity contribution < 1.29 is 9.13 Å². The average Bonchev–Trinajstić information content (AvgIpc) is 2.40. The lowest BCUT2D eigenvalue weighted by Gasteiger charge is -2.19. The Balaban J connectivity index is 2.15. The van der Waals surface area contributed by atoms with Crippen molar-refractivity contribution in [3.8, 4) is 5.75 Å². The van der Waals surface area contributed by atoms with Gasteiger partial charge < -0.3 is 9.64 Å². The van der Waals surface area contributed by atoms with Crippen molar-refractivity contribution in [1.82, 2.24) is 4.90 Å². The van der Waals surface area contributed by atoms with Gasteiger partial charge in [0.15, 0.2) is 0 Å². The van der Waals surface area contributed by atoms with Gasteiger partial charge in [-0.1, -0.05) is 20.3 Å². The van der Waals surface area contributed by atoms with Crippen molar-refractivity contribution in [2.24, 2.45) is 0 Å². The van der Waals surface area contributed by atoms with Gasteiger partial charge >= 0.3 is 0 Å². The highest BCUT2D eigenvalue weighted by molar-refractivity contribution is 5.21. The van der Waals surface area contributed by atoms with Gasteiger partial charge in [-0.05, 0) is 50.2 Å². The highest BCUT2D eigenvalue weighted by atomic mass is 19.1.